The number of ether oxygens (including phenoxy) is 2. The lowest BCUT2D eigenvalue weighted by molar-refractivity contribution is -0.312. The molecule has 5 nitrogen and oxygen atoms in total. The number of aliphatic hydroxyl groups is 1. The Balaban J connectivity index is 1.47. The van der Waals surface area contributed by atoms with Crippen molar-refractivity contribution < 1.29 is 19.7 Å². The quantitative estimate of drug-likeness (QED) is 0.687. The molecule has 8 rings (SSSR count). The van der Waals surface area contributed by atoms with Crippen LogP contribution in [0.3, 0.4) is 0 Å². The van der Waals surface area contributed by atoms with Crippen molar-refractivity contribution in [2.75, 3.05) is 20.2 Å². The minimum Gasteiger partial charge on any atom is -0.504 e. The first-order valence-electron chi connectivity index (χ1n) is 13.6. The number of methoxy groups -OCH3 is 1. The normalized spacial score (nSPS) is 43.9. The van der Waals surface area contributed by atoms with E-state index in [4.69, 9.17) is 9.47 Å². The zero-order valence-electron chi connectivity index (χ0n) is 21.5. The van der Waals surface area contributed by atoms with Gasteiger partial charge in [-0.1, -0.05) is 26.8 Å². The van der Waals surface area contributed by atoms with Crippen molar-refractivity contribution in [2.45, 2.75) is 101 Å². The molecule has 2 aliphatic heterocycles. The molecule has 1 saturated heterocycles. The molecule has 1 aromatic rings. The van der Waals surface area contributed by atoms with Gasteiger partial charge in [-0.05, 0) is 81.4 Å². The standard InChI is InChI=1S/C29H41NO4/c1-25(2,3)26(4,32)20-15-27-10-11-29(20,33-5)24-28(27)12-13-30(16-17-6-7-17)21(27)14-18-8-9-19(31)23(34-24)22(18)28/h8-9,17,20-21,24,31-32H,6-7,10-16H2,1-5H3/t20-,21?,24+,26-,27?,28-,29+/m0/s1. The van der Waals surface area contributed by atoms with Crippen LogP contribution in [-0.4, -0.2) is 58.7 Å². The summed E-state index contributed by atoms with van der Waals surface area (Å²) in [5.74, 6) is 1.80. The summed E-state index contributed by atoms with van der Waals surface area (Å²) >= 11 is 0. The molecule has 7 atom stereocenters. The van der Waals surface area contributed by atoms with Crippen molar-refractivity contribution in [1.82, 2.24) is 4.90 Å². The number of hydrogen-bond donors (Lipinski definition) is 2. The van der Waals surface area contributed by atoms with Crippen LogP contribution in [0.2, 0.25) is 0 Å². The summed E-state index contributed by atoms with van der Waals surface area (Å²) in [5.41, 5.74) is 0.783. The van der Waals surface area contributed by atoms with E-state index in [0.717, 1.165) is 44.6 Å². The molecule has 2 N–H and O–H groups in total. The number of phenols is 1. The molecule has 2 heterocycles. The Kier molecular flexibility index (Phi) is 4.08. The Morgan fingerprint density at radius 3 is 2.59 bits per heavy atom. The van der Waals surface area contributed by atoms with Crippen LogP contribution in [0.25, 0.3) is 0 Å². The van der Waals surface area contributed by atoms with Crippen LogP contribution in [0.1, 0.15) is 77.3 Å². The molecule has 2 spiro atoms. The molecule has 0 radical (unpaired) electrons. The number of aromatic hydroxyl groups is 1. The summed E-state index contributed by atoms with van der Waals surface area (Å²) in [5, 5.41) is 23.2. The van der Waals surface area contributed by atoms with Crippen LogP contribution >= 0.6 is 0 Å². The SMILES string of the molecule is CO[C@]12CCC3(C[C@H]1[C@](C)(O)C(C)(C)C)C1Cc4ccc(O)c5c4[C@@]3(CCN1CC1CC1)[C@H]2O5. The van der Waals surface area contributed by atoms with Gasteiger partial charge in [-0.2, -0.15) is 0 Å². The van der Waals surface area contributed by atoms with Gasteiger partial charge < -0.3 is 19.7 Å². The van der Waals surface area contributed by atoms with Gasteiger partial charge in [0.15, 0.2) is 11.5 Å². The van der Waals surface area contributed by atoms with E-state index >= 15 is 0 Å². The second-order valence-electron chi connectivity index (χ2n) is 13.8. The van der Waals surface area contributed by atoms with Crippen LogP contribution in [0, 0.1) is 22.7 Å². The smallest absolute Gasteiger partial charge is 0.165 e. The summed E-state index contributed by atoms with van der Waals surface area (Å²) < 4.78 is 13.5. The maximum Gasteiger partial charge on any atom is 0.165 e. The average Bonchev–Trinajstić information content (AvgIpc) is 3.53. The monoisotopic (exact) mass is 467 g/mol. The number of rotatable bonds is 4. The molecule has 2 unspecified atom stereocenters. The average molecular weight is 468 g/mol. The van der Waals surface area contributed by atoms with Gasteiger partial charge in [0, 0.05) is 42.0 Å². The van der Waals surface area contributed by atoms with Crippen molar-refractivity contribution >= 4 is 0 Å². The zero-order valence-corrected chi connectivity index (χ0v) is 21.5. The molecule has 7 aliphatic rings. The maximum absolute atomic E-state index is 12.2. The van der Waals surface area contributed by atoms with Gasteiger partial charge in [0.25, 0.3) is 0 Å². The molecule has 4 bridgehead atoms. The Labute approximate surface area is 203 Å². The molecule has 4 saturated carbocycles. The first-order chi connectivity index (χ1) is 16.0. The first kappa shape index (κ1) is 21.9. The van der Waals surface area contributed by atoms with Gasteiger partial charge in [0.2, 0.25) is 0 Å². The van der Waals surface area contributed by atoms with Crippen molar-refractivity contribution in [2.24, 2.45) is 22.7 Å². The van der Waals surface area contributed by atoms with Crippen molar-refractivity contribution in [3.8, 4) is 11.5 Å². The maximum atomic E-state index is 12.2. The summed E-state index contributed by atoms with van der Waals surface area (Å²) in [6, 6.07) is 4.46. The molecular weight excluding hydrogens is 426 g/mol. The third-order valence-corrected chi connectivity index (χ3v) is 11.9. The minimum atomic E-state index is -0.909. The lowest BCUT2D eigenvalue weighted by atomic mass is 9.33. The topological polar surface area (TPSA) is 62.2 Å². The van der Waals surface area contributed by atoms with E-state index in [9.17, 15) is 10.2 Å². The largest absolute Gasteiger partial charge is 0.504 e. The molecule has 0 aromatic heterocycles. The van der Waals surface area contributed by atoms with E-state index in [1.807, 2.05) is 20.1 Å². The van der Waals surface area contributed by atoms with Gasteiger partial charge in [0.05, 0.1) is 5.60 Å². The van der Waals surface area contributed by atoms with Gasteiger partial charge in [-0.3, -0.25) is 4.90 Å². The fourth-order valence-electron chi connectivity index (χ4n) is 9.58. The highest BCUT2D eigenvalue weighted by molar-refractivity contribution is 5.63. The van der Waals surface area contributed by atoms with Crippen LogP contribution in [-0.2, 0) is 16.6 Å². The van der Waals surface area contributed by atoms with Gasteiger partial charge >= 0.3 is 0 Å². The lowest BCUT2D eigenvalue weighted by Gasteiger charge is -2.75. The molecule has 0 amide bonds. The zero-order chi connectivity index (χ0) is 23.9. The molecule has 1 aromatic carbocycles. The fraction of sp³-hybridized carbons (Fsp3) is 0.793. The third-order valence-electron chi connectivity index (χ3n) is 11.9. The van der Waals surface area contributed by atoms with E-state index in [-0.39, 0.29) is 34.0 Å². The number of likely N-dealkylation sites (tertiary alicyclic amines) is 1. The van der Waals surface area contributed by atoms with E-state index in [1.165, 1.54) is 30.5 Å². The summed E-state index contributed by atoms with van der Waals surface area (Å²) in [6.07, 6.45) is 7.64. The van der Waals surface area contributed by atoms with Gasteiger partial charge in [-0.15, -0.1) is 0 Å². The molecule has 5 aliphatic carbocycles. The van der Waals surface area contributed by atoms with Crippen LogP contribution < -0.4 is 4.74 Å². The van der Waals surface area contributed by atoms with E-state index in [0.29, 0.717) is 11.8 Å². The first-order valence-corrected chi connectivity index (χ1v) is 13.6. The number of piperidine rings is 1. The third kappa shape index (κ3) is 2.25. The van der Waals surface area contributed by atoms with Crippen LogP contribution in [0.15, 0.2) is 12.1 Å². The minimum absolute atomic E-state index is 0.0294. The Morgan fingerprint density at radius 2 is 1.91 bits per heavy atom. The number of benzene rings is 1. The second kappa shape index (κ2) is 6.33. The van der Waals surface area contributed by atoms with E-state index in [2.05, 4.69) is 31.7 Å². The summed E-state index contributed by atoms with van der Waals surface area (Å²) in [4.78, 5) is 2.82. The van der Waals surface area contributed by atoms with E-state index in [1.54, 1.807) is 0 Å². The highest BCUT2D eigenvalue weighted by atomic mass is 16.6. The highest BCUT2D eigenvalue weighted by Gasteiger charge is 2.82. The van der Waals surface area contributed by atoms with Crippen molar-refractivity contribution in [1.29, 1.82) is 0 Å². The van der Waals surface area contributed by atoms with Crippen LogP contribution in [0.5, 0.6) is 11.5 Å². The van der Waals surface area contributed by atoms with Crippen LogP contribution in [0.4, 0.5) is 0 Å². The summed E-state index contributed by atoms with van der Waals surface area (Å²) in [7, 11) is 1.83. The lowest BCUT2D eigenvalue weighted by Crippen LogP contribution is -2.83. The molecule has 186 valence electrons. The highest BCUT2D eigenvalue weighted by Crippen LogP contribution is 2.78. The van der Waals surface area contributed by atoms with Crippen molar-refractivity contribution in [3.05, 3.63) is 23.3 Å². The number of hydrogen-bond acceptors (Lipinski definition) is 5. The number of phenolic OH excluding ortho intramolecular Hbond substituents is 1. The second-order valence-corrected chi connectivity index (χ2v) is 13.8. The summed E-state index contributed by atoms with van der Waals surface area (Å²) in [6.45, 7) is 10.8. The number of fused-ring (bicyclic) bond motifs is 2. The molecule has 5 heteroatoms. The van der Waals surface area contributed by atoms with Gasteiger partial charge in [0.1, 0.15) is 11.7 Å². The predicted octanol–water partition coefficient (Wildman–Crippen LogP) is 4.41. The Bertz CT molecular complexity index is 1060. The fourth-order valence-corrected chi connectivity index (χ4v) is 9.58. The molecule has 34 heavy (non-hydrogen) atoms. The predicted molar refractivity (Wildman–Crippen MR) is 130 cm³/mol. The van der Waals surface area contributed by atoms with Crippen molar-refractivity contribution in [3.63, 3.8) is 0 Å². The number of nitrogens with zero attached hydrogens (tertiary/aromatic N) is 1. The Morgan fingerprint density at radius 1 is 1.15 bits per heavy atom. The Hall–Kier alpha value is -1.30. The molecule has 5 fully saturated rings. The van der Waals surface area contributed by atoms with E-state index < -0.39 is 11.2 Å². The van der Waals surface area contributed by atoms with Gasteiger partial charge in [-0.25, -0.2) is 0 Å². The molecular formula is C29H41NO4.